The van der Waals surface area contributed by atoms with Crippen LogP contribution < -0.4 is 0 Å². The minimum absolute atomic E-state index is 0.00558. The van der Waals surface area contributed by atoms with Gasteiger partial charge in [0.1, 0.15) is 0 Å². The van der Waals surface area contributed by atoms with E-state index in [0.29, 0.717) is 39.5 Å². The molecule has 192 valence electrons. The number of amides is 1. The van der Waals surface area contributed by atoms with Crippen molar-refractivity contribution in [1.82, 2.24) is 4.90 Å². The summed E-state index contributed by atoms with van der Waals surface area (Å²) in [7, 11) is 4.75. The molecule has 0 aromatic heterocycles. The van der Waals surface area contributed by atoms with Gasteiger partial charge in [-0.15, -0.1) is 0 Å². The number of allylic oxidation sites excluding steroid dienone is 1. The van der Waals surface area contributed by atoms with E-state index in [-0.39, 0.29) is 36.7 Å². The van der Waals surface area contributed by atoms with Gasteiger partial charge in [-0.2, -0.15) is 0 Å². The minimum Gasteiger partial charge on any atom is -0.459 e. The maximum Gasteiger partial charge on any atom is 0.288 e. The fourth-order valence-corrected chi connectivity index (χ4v) is 3.83. The van der Waals surface area contributed by atoms with Crippen LogP contribution >= 0.6 is 0 Å². The Kier molecular flexibility index (Phi) is 13.1. The predicted molar refractivity (Wildman–Crippen MR) is 126 cm³/mol. The second kappa shape index (κ2) is 15.8. The number of carbonyl (C=O) groups is 1. The summed E-state index contributed by atoms with van der Waals surface area (Å²) in [5.41, 5.74) is 1.08. The predicted octanol–water partition coefficient (Wildman–Crippen LogP) is 2.16. The number of aliphatic hydroxyl groups is 1. The van der Waals surface area contributed by atoms with Crippen LogP contribution in [0.5, 0.6) is 0 Å². The van der Waals surface area contributed by atoms with Gasteiger partial charge < -0.3 is 38.4 Å². The SMILES string of the molecule is CCO[C@H]1OC(C(=O)N(C)CC(OC)OC)=C[C@@H](c2ccccc2)[C@@H]1CCOCCOCCO. The standard InChI is InChI=1S/C25H39NO8/c1-5-33-25-20(11-13-31-15-16-32-14-12-27)21(19-9-7-6-8-10-19)17-22(34-25)24(28)26(2)18-23(29-3)30-4/h6-10,17,20-21,23,25,27H,5,11-16,18H2,1-4H3/t20-,21-,25-/m0/s1. The van der Waals surface area contributed by atoms with Gasteiger partial charge in [0.15, 0.2) is 12.0 Å². The lowest BCUT2D eigenvalue weighted by molar-refractivity contribution is -0.174. The van der Waals surface area contributed by atoms with E-state index in [2.05, 4.69) is 0 Å². The molecule has 1 amide bonds. The summed E-state index contributed by atoms with van der Waals surface area (Å²) >= 11 is 0. The number of nitrogens with zero attached hydrogens (tertiary/aromatic N) is 1. The molecular weight excluding hydrogens is 442 g/mol. The average molecular weight is 482 g/mol. The van der Waals surface area contributed by atoms with Crippen LogP contribution in [0.1, 0.15) is 24.8 Å². The summed E-state index contributed by atoms with van der Waals surface area (Å²) in [6.45, 7) is 4.26. The molecule has 0 saturated carbocycles. The Bertz CT molecular complexity index is 725. The zero-order valence-electron chi connectivity index (χ0n) is 20.7. The molecule has 0 fully saturated rings. The van der Waals surface area contributed by atoms with Gasteiger partial charge in [-0.1, -0.05) is 30.3 Å². The second-order valence-electron chi connectivity index (χ2n) is 7.90. The Labute approximate surface area is 202 Å². The fraction of sp³-hybridized carbons (Fsp3) is 0.640. The Hall–Kier alpha value is -2.01. The van der Waals surface area contributed by atoms with Gasteiger partial charge in [-0.25, -0.2) is 0 Å². The van der Waals surface area contributed by atoms with Crippen LogP contribution in [-0.2, 0) is 33.2 Å². The van der Waals surface area contributed by atoms with Crippen molar-refractivity contribution in [3.8, 4) is 0 Å². The van der Waals surface area contributed by atoms with Crippen LogP contribution in [0.25, 0.3) is 0 Å². The molecule has 1 aliphatic rings. The van der Waals surface area contributed by atoms with Crippen molar-refractivity contribution >= 4 is 5.91 Å². The van der Waals surface area contributed by atoms with Crippen molar-refractivity contribution in [3.05, 3.63) is 47.7 Å². The van der Waals surface area contributed by atoms with Crippen LogP contribution in [-0.4, -0.2) is 95.9 Å². The van der Waals surface area contributed by atoms with Crippen LogP contribution in [0.15, 0.2) is 42.2 Å². The Morgan fingerprint density at radius 2 is 1.76 bits per heavy atom. The summed E-state index contributed by atoms with van der Waals surface area (Å²) in [6.07, 6.45) is 1.43. The number of carbonyl (C=O) groups excluding carboxylic acids is 1. The number of methoxy groups -OCH3 is 2. The lowest BCUT2D eigenvalue weighted by Gasteiger charge is -2.37. The van der Waals surface area contributed by atoms with Gasteiger partial charge in [-0.3, -0.25) is 4.79 Å². The summed E-state index contributed by atoms with van der Waals surface area (Å²) in [5, 5.41) is 8.78. The van der Waals surface area contributed by atoms with Crippen LogP contribution in [0, 0.1) is 5.92 Å². The first-order chi connectivity index (χ1) is 16.5. The summed E-state index contributed by atoms with van der Waals surface area (Å²) in [6, 6.07) is 10.0. The lowest BCUT2D eigenvalue weighted by atomic mass is 9.81. The third-order valence-corrected chi connectivity index (χ3v) is 5.61. The van der Waals surface area contributed by atoms with E-state index in [1.54, 1.807) is 7.05 Å². The van der Waals surface area contributed by atoms with Crippen molar-refractivity contribution < 1.29 is 38.3 Å². The Morgan fingerprint density at radius 3 is 2.38 bits per heavy atom. The topological polar surface area (TPSA) is 95.9 Å². The third-order valence-electron chi connectivity index (χ3n) is 5.61. The van der Waals surface area contributed by atoms with Gasteiger partial charge in [0.25, 0.3) is 5.91 Å². The van der Waals surface area contributed by atoms with Crippen LogP contribution in [0.2, 0.25) is 0 Å². The molecule has 1 aromatic rings. The van der Waals surface area contributed by atoms with E-state index in [9.17, 15) is 4.79 Å². The van der Waals surface area contributed by atoms with Crippen LogP contribution in [0.4, 0.5) is 0 Å². The van der Waals surface area contributed by atoms with E-state index in [1.165, 1.54) is 19.1 Å². The highest BCUT2D eigenvalue weighted by Crippen LogP contribution is 2.39. The number of hydrogen-bond donors (Lipinski definition) is 1. The van der Waals surface area contributed by atoms with Crippen molar-refractivity contribution in [2.24, 2.45) is 5.92 Å². The van der Waals surface area contributed by atoms with E-state index in [0.717, 1.165) is 5.56 Å². The first kappa shape index (κ1) is 28.2. The zero-order valence-corrected chi connectivity index (χ0v) is 20.7. The minimum atomic E-state index is -0.595. The maximum absolute atomic E-state index is 13.2. The Morgan fingerprint density at radius 1 is 1.09 bits per heavy atom. The number of likely N-dealkylation sites (N-methyl/N-ethyl adjacent to an activating group) is 1. The highest BCUT2D eigenvalue weighted by atomic mass is 16.7. The molecule has 0 aliphatic carbocycles. The quantitative estimate of drug-likeness (QED) is 0.284. The first-order valence-corrected chi connectivity index (χ1v) is 11.7. The highest BCUT2D eigenvalue weighted by molar-refractivity contribution is 5.91. The molecule has 9 nitrogen and oxygen atoms in total. The average Bonchev–Trinajstić information content (AvgIpc) is 2.87. The Balaban J connectivity index is 2.18. The molecule has 1 aliphatic heterocycles. The second-order valence-corrected chi connectivity index (χ2v) is 7.90. The summed E-state index contributed by atoms with van der Waals surface area (Å²) in [5.74, 6) is -0.155. The molecule has 0 spiro atoms. The molecule has 1 aromatic carbocycles. The zero-order chi connectivity index (χ0) is 24.8. The van der Waals surface area contributed by atoms with Crippen molar-refractivity contribution in [1.29, 1.82) is 0 Å². The molecular formula is C25H39NO8. The smallest absolute Gasteiger partial charge is 0.288 e. The van der Waals surface area contributed by atoms with Gasteiger partial charge in [0.05, 0.1) is 33.0 Å². The molecule has 2 rings (SSSR count). The van der Waals surface area contributed by atoms with Gasteiger partial charge in [0.2, 0.25) is 6.29 Å². The van der Waals surface area contributed by atoms with E-state index < -0.39 is 12.6 Å². The van der Waals surface area contributed by atoms with Crippen LogP contribution in [0.3, 0.4) is 0 Å². The fourth-order valence-electron chi connectivity index (χ4n) is 3.83. The van der Waals surface area contributed by atoms with Gasteiger partial charge in [0, 0.05) is 46.3 Å². The molecule has 0 radical (unpaired) electrons. The number of rotatable bonds is 16. The number of ether oxygens (including phenoxy) is 6. The van der Waals surface area contributed by atoms with E-state index in [4.69, 9.17) is 33.5 Å². The maximum atomic E-state index is 13.2. The molecule has 1 N–H and O–H groups in total. The van der Waals surface area contributed by atoms with Crippen molar-refractivity contribution in [2.45, 2.75) is 31.8 Å². The van der Waals surface area contributed by atoms with Gasteiger partial charge in [-0.05, 0) is 25.0 Å². The molecule has 0 unspecified atom stereocenters. The molecule has 0 bridgehead atoms. The van der Waals surface area contributed by atoms with Crippen molar-refractivity contribution in [2.75, 3.05) is 67.5 Å². The molecule has 34 heavy (non-hydrogen) atoms. The molecule has 3 atom stereocenters. The molecule has 0 saturated heterocycles. The normalized spacial score (nSPS) is 20.2. The largest absolute Gasteiger partial charge is 0.459 e. The molecule has 1 heterocycles. The third kappa shape index (κ3) is 8.65. The number of aliphatic hydroxyl groups excluding tert-OH is 1. The summed E-state index contributed by atoms with van der Waals surface area (Å²) < 4.78 is 33.5. The summed E-state index contributed by atoms with van der Waals surface area (Å²) in [4.78, 5) is 14.7. The highest BCUT2D eigenvalue weighted by Gasteiger charge is 2.38. The number of benzene rings is 1. The lowest BCUT2D eigenvalue weighted by Crippen LogP contribution is -2.42. The number of hydrogen-bond acceptors (Lipinski definition) is 8. The van der Waals surface area contributed by atoms with E-state index >= 15 is 0 Å². The van der Waals surface area contributed by atoms with Gasteiger partial charge >= 0.3 is 0 Å². The monoisotopic (exact) mass is 481 g/mol. The first-order valence-electron chi connectivity index (χ1n) is 11.7. The molecule has 9 heteroatoms. The van der Waals surface area contributed by atoms with Crippen molar-refractivity contribution in [3.63, 3.8) is 0 Å². The van der Waals surface area contributed by atoms with E-state index in [1.807, 2.05) is 43.3 Å².